The van der Waals surface area contributed by atoms with Gasteiger partial charge < -0.3 is 15.4 Å². The Labute approximate surface area is 128 Å². The van der Waals surface area contributed by atoms with E-state index in [4.69, 9.17) is 22.7 Å². The van der Waals surface area contributed by atoms with Crippen LogP contribution in [0, 0.1) is 6.92 Å². The molecule has 0 aliphatic carbocycles. The van der Waals surface area contributed by atoms with E-state index in [1.807, 2.05) is 6.07 Å². The topological polar surface area (TPSA) is 38.5 Å². The second kappa shape index (κ2) is 8.22. The number of nitrogens with two attached hydrogens (primary N) is 1. The highest BCUT2D eigenvalue weighted by Gasteiger charge is 2.16. The van der Waals surface area contributed by atoms with Crippen LogP contribution >= 0.6 is 12.2 Å². The SMILES string of the molecule is CCC(CC)N(CCOC)c1ccc(C(N)=S)c(C)c1. The molecule has 1 rings (SSSR count). The number of hydrogen-bond acceptors (Lipinski definition) is 3. The fraction of sp³-hybridized carbons (Fsp3) is 0.562. The summed E-state index contributed by atoms with van der Waals surface area (Å²) in [7, 11) is 1.74. The molecule has 3 nitrogen and oxygen atoms in total. The first-order valence-corrected chi connectivity index (χ1v) is 7.61. The number of aryl methyl sites for hydroxylation is 1. The van der Waals surface area contributed by atoms with E-state index in [0.29, 0.717) is 11.0 Å². The first kappa shape index (κ1) is 16.9. The molecule has 0 radical (unpaired) electrons. The second-order valence-corrected chi connectivity index (χ2v) is 5.46. The summed E-state index contributed by atoms with van der Waals surface area (Å²) in [4.78, 5) is 2.87. The number of hydrogen-bond donors (Lipinski definition) is 1. The maximum atomic E-state index is 5.73. The van der Waals surface area contributed by atoms with E-state index in [1.54, 1.807) is 7.11 Å². The fourth-order valence-electron chi connectivity index (χ4n) is 2.54. The van der Waals surface area contributed by atoms with Crippen LogP contribution in [0.15, 0.2) is 18.2 Å². The molecule has 0 spiro atoms. The monoisotopic (exact) mass is 294 g/mol. The first-order valence-electron chi connectivity index (χ1n) is 7.21. The maximum absolute atomic E-state index is 5.73. The van der Waals surface area contributed by atoms with Gasteiger partial charge in [0.25, 0.3) is 0 Å². The van der Waals surface area contributed by atoms with Crippen molar-refractivity contribution in [1.29, 1.82) is 0 Å². The normalized spacial score (nSPS) is 10.8. The third kappa shape index (κ3) is 4.18. The number of ether oxygens (including phenoxy) is 1. The van der Waals surface area contributed by atoms with E-state index in [1.165, 1.54) is 5.69 Å². The van der Waals surface area contributed by atoms with Crippen molar-refractivity contribution in [3.63, 3.8) is 0 Å². The van der Waals surface area contributed by atoms with Crippen molar-refractivity contribution in [3.05, 3.63) is 29.3 Å². The van der Waals surface area contributed by atoms with Gasteiger partial charge in [0.05, 0.1) is 6.61 Å². The molecule has 0 saturated carbocycles. The molecule has 0 aliphatic heterocycles. The molecular weight excluding hydrogens is 268 g/mol. The Balaban J connectivity index is 3.06. The Morgan fingerprint density at radius 1 is 1.35 bits per heavy atom. The van der Waals surface area contributed by atoms with Gasteiger partial charge in [0.15, 0.2) is 0 Å². The van der Waals surface area contributed by atoms with E-state index < -0.39 is 0 Å². The quantitative estimate of drug-likeness (QED) is 0.747. The maximum Gasteiger partial charge on any atom is 0.104 e. The van der Waals surface area contributed by atoms with Gasteiger partial charge in [0.1, 0.15) is 4.99 Å². The first-order chi connectivity index (χ1) is 9.54. The van der Waals surface area contributed by atoms with Crippen molar-refractivity contribution in [2.45, 2.75) is 39.7 Å². The van der Waals surface area contributed by atoms with Crippen LogP contribution in [0.1, 0.15) is 37.8 Å². The van der Waals surface area contributed by atoms with Crippen LogP contribution in [-0.4, -0.2) is 31.3 Å². The Morgan fingerprint density at radius 2 is 2.00 bits per heavy atom. The van der Waals surface area contributed by atoms with E-state index >= 15 is 0 Å². The largest absolute Gasteiger partial charge is 0.389 e. The molecule has 0 saturated heterocycles. The highest BCUT2D eigenvalue weighted by molar-refractivity contribution is 7.80. The average Bonchev–Trinajstić information content (AvgIpc) is 2.43. The highest BCUT2D eigenvalue weighted by atomic mass is 32.1. The molecule has 2 N–H and O–H groups in total. The number of methoxy groups -OCH3 is 1. The molecule has 20 heavy (non-hydrogen) atoms. The van der Waals surface area contributed by atoms with Crippen LogP contribution in [0.4, 0.5) is 5.69 Å². The van der Waals surface area contributed by atoms with Gasteiger partial charge in [-0.3, -0.25) is 0 Å². The molecule has 0 unspecified atom stereocenters. The lowest BCUT2D eigenvalue weighted by atomic mass is 10.0. The molecule has 0 aromatic heterocycles. The molecule has 0 fully saturated rings. The van der Waals surface area contributed by atoms with Crippen molar-refractivity contribution in [2.75, 3.05) is 25.2 Å². The molecule has 0 heterocycles. The summed E-state index contributed by atoms with van der Waals surface area (Å²) in [5, 5.41) is 0. The molecule has 0 amide bonds. The summed E-state index contributed by atoms with van der Waals surface area (Å²) < 4.78 is 5.24. The van der Waals surface area contributed by atoms with Crippen LogP contribution in [-0.2, 0) is 4.74 Å². The average molecular weight is 294 g/mol. The summed E-state index contributed by atoms with van der Waals surface area (Å²) in [6.07, 6.45) is 2.24. The third-order valence-electron chi connectivity index (χ3n) is 3.73. The Hall–Kier alpha value is -1.13. The molecule has 1 aromatic rings. The molecule has 1 aromatic carbocycles. The standard InChI is InChI=1S/C16H26N2OS/c1-5-13(6-2)18(9-10-19-4)14-7-8-15(16(17)20)12(3)11-14/h7-8,11,13H,5-6,9-10H2,1-4H3,(H2,17,20). The molecular formula is C16H26N2OS. The van der Waals surface area contributed by atoms with Crippen LogP contribution in [0.2, 0.25) is 0 Å². The van der Waals surface area contributed by atoms with Crippen molar-refractivity contribution >= 4 is 22.9 Å². The molecule has 4 heteroatoms. The van der Waals surface area contributed by atoms with Gasteiger partial charge in [0, 0.05) is 30.9 Å². The van der Waals surface area contributed by atoms with Gasteiger partial charge in [-0.1, -0.05) is 26.1 Å². The predicted octanol–water partition coefficient (Wildman–Crippen LogP) is 3.27. The summed E-state index contributed by atoms with van der Waals surface area (Å²) in [6.45, 7) is 8.13. The number of anilines is 1. The van der Waals surface area contributed by atoms with Crippen molar-refractivity contribution < 1.29 is 4.74 Å². The van der Waals surface area contributed by atoms with Crippen LogP contribution in [0.25, 0.3) is 0 Å². The zero-order valence-electron chi connectivity index (χ0n) is 13.0. The lowest BCUT2D eigenvalue weighted by molar-refractivity contribution is 0.202. The zero-order valence-corrected chi connectivity index (χ0v) is 13.8. The molecule has 112 valence electrons. The van der Waals surface area contributed by atoms with E-state index in [0.717, 1.165) is 37.1 Å². The smallest absolute Gasteiger partial charge is 0.104 e. The van der Waals surface area contributed by atoms with Gasteiger partial charge in [-0.25, -0.2) is 0 Å². The third-order valence-corrected chi connectivity index (χ3v) is 3.95. The fourth-order valence-corrected chi connectivity index (χ4v) is 2.77. The minimum Gasteiger partial charge on any atom is -0.389 e. The number of benzene rings is 1. The van der Waals surface area contributed by atoms with Crippen molar-refractivity contribution in [3.8, 4) is 0 Å². The summed E-state index contributed by atoms with van der Waals surface area (Å²) in [5.74, 6) is 0. The van der Waals surface area contributed by atoms with Crippen molar-refractivity contribution in [1.82, 2.24) is 0 Å². The molecule has 0 aliphatic rings. The van der Waals surface area contributed by atoms with E-state index in [2.05, 4.69) is 37.8 Å². The molecule has 0 bridgehead atoms. The minimum absolute atomic E-state index is 0.458. The number of rotatable bonds is 8. The highest BCUT2D eigenvalue weighted by Crippen LogP contribution is 2.23. The lowest BCUT2D eigenvalue weighted by Crippen LogP contribution is -2.37. The van der Waals surface area contributed by atoms with Gasteiger partial charge in [0.2, 0.25) is 0 Å². The second-order valence-electron chi connectivity index (χ2n) is 5.02. The van der Waals surface area contributed by atoms with Crippen LogP contribution in [0.5, 0.6) is 0 Å². The summed E-state index contributed by atoms with van der Waals surface area (Å²) in [6, 6.07) is 6.83. The van der Waals surface area contributed by atoms with Gasteiger partial charge in [-0.15, -0.1) is 0 Å². The van der Waals surface area contributed by atoms with Crippen LogP contribution in [0.3, 0.4) is 0 Å². The van der Waals surface area contributed by atoms with Crippen molar-refractivity contribution in [2.24, 2.45) is 5.73 Å². The minimum atomic E-state index is 0.458. The summed E-state index contributed by atoms with van der Waals surface area (Å²) >= 11 is 5.07. The van der Waals surface area contributed by atoms with Gasteiger partial charge in [-0.2, -0.15) is 0 Å². The lowest BCUT2D eigenvalue weighted by Gasteiger charge is -2.33. The zero-order chi connectivity index (χ0) is 15.1. The summed E-state index contributed by atoms with van der Waals surface area (Å²) in [5.41, 5.74) is 9.03. The van der Waals surface area contributed by atoms with E-state index in [-0.39, 0.29) is 0 Å². The van der Waals surface area contributed by atoms with Gasteiger partial charge in [-0.05, 0) is 43.5 Å². The Morgan fingerprint density at radius 3 is 2.45 bits per heavy atom. The predicted molar refractivity (Wildman–Crippen MR) is 90.7 cm³/mol. The molecule has 0 atom stereocenters. The Kier molecular flexibility index (Phi) is 6.96. The van der Waals surface area contributed by atoms with Gasteiger partial charge >= 0.3 is 0 Å². The number of nitrogens with zero attached hydrogens (tertiary/aromatic N) is 1. The van der Waals surface area contributed by atoms with E-state index in [9.17, 15) is 0 Å². The number of thiocarbonyl (C=S) groups is 1. The van der Waals surface area contributed by atoms with Crippen LogP contribution < -0.4 is 10.6 Å². The Bertz CT molecular complexity index is 444.